The average Bonchev–Trinajstić information content (AvgIpc) is 3.01. The Balaban J connectivity index is 1.55. The van der Waals surface area contributed by atoms with Crippen LogP contribution in [0.1, 0.15) is 57.9 Å². The number of rotatable bonds is 7. The molecule has 1 aromatic carbocycles. The fourth-order valence-electron chi connectivity index (χ4n) is 4.04. The zero-order valence-corrected chi connectivity index (χ0v) is 19.4. The van der Waals surface area contributed by atoms with Gasteiger partial charge in [0.2, 0.25) is 5.91 Å². The Bertz CT molecular complexity index is 848. The van der Waals surface area contributed by atoms with Gasteiger partial charge in [0.1, 0.15) is 4.32 Å². The Labute approximate surface area is 189 Å². The minimum absolute atomic E-state index is 0.0531. The zero-order valence-electron chi connectivity index (χ0n) is 17.8. The molecule has 0 aromatic heterocycles. The molecule has 0 N–H and O–H groups in total. The van der Waals surface area contributed by atoms with Gasteiger partial charge in [0, 0.05) is 25.6 Å². The van der Waals surface area contributed by atoms with E-state index in [2.05, 4.69) is 6.92 Å². The lowest BCUT2D eigenvalue weighted by Crippen LogP contribution is -2.43. The first-order valence-corrected chi connectivity index (χ1v) is 12.0. The summed E-state index contributed by atoms with van der Waals surface area (Å²) in [5.41, 5.74) is 2.11. The third kappa shape index (κ3) is 5.82. The van der Waals surface area contributed by atoms with Gasteiger partial charge in [-0.15, -0.1) is 0 Å². The van der Waals surface area contributed by atoms with Crippen LogP contribution in [-0.2, 0) is 9.59 Å². The van der Waals surface area contributed by atoms with E-state index in [0.717, 1.165) is 36.9 Å². The molecular weight excluding hydrogens is 412 g/mol. The van der Waals surface area contributed by atoms with Crippen molar-refractivity contribution in [3.8, 4) is 0 Å². The molecule has 3 rings (SSSR count). The Morgan fingerprint density at radius 3 is 2.77 bits per heavy atom. The molecule has 0 saturated carbocycles. The first kappa shape index (κ1) is 22.8. The summed E-state index contributed by atoms with van der Waals surface area (Å²) in [6, 6.07) is 10.4. The molecule has 2 saturated heterocycles. The van der Waals surface area contributed by atoms with E-state index in [-0.39, 0.29) is 11.8 Å². The summed E-state index contributed by atoms with van der Waals surface area (Å²) in [7, 11) is 0. The zero-order chi connectivity index (χ0) is 21.5. The summed E-state index contributed by atoms with van der Waals surface area (Å²) in [5, 5.41) is 0. The number of carbonyl (C=O) groups excluding carboxylic acids is 2. The summed E-state index contributed by atoms with van der Waals surface area (Å²) >= 11 is 6.78. The maximum absolute atomic E-state index is 12.8. The highest BCUT2D eigenvalue weighted by molar-refractivity contribution is 8.26. The lowest BCUT2D eigenvalue weighted by Gasteiger charge is -2.35. The van der Waals surface area contributed by atoms with Gasteiger partial charge in [-0.05, 0) is 56.2 Å². The van der Waals surface area contributed by atoms with Gasteiger partial charge < -0.3 is 4.90 Å². The molecule has 0 aliphatic carbocycles. The summed E-state index contributed by atoms with van der Waals surface area (Å²) in [4.78, 5) is 29.8. The maximum Gasteiger partial charge on any atom is 0.266 e. The molecule has 2 fully saturated rings. The smallest absolute Gasteiger partial charge is 0.266 e. The van der Waals surface area contributed by atoms with Gasteiger partial charge in [0.25, 0.3) is 5.91 Å². The van der Waals surface area contributed by atoms with Crippen molar-refractivity contribution >= 4 is 46.2 Å². The van der Waals surface area contributed by atoms with Crippen LogP contribution in [0.2, 0.25) is 0 Å². The largest absolute Gasteiger partial charge is 0.340 e. The Morgan fingerprint density at radius 2 is 2.03 bits per heavy atom. The van der Waals surface area contributed by atoms with Crippen molar-refractivity contribution in [2.75, 3.05) is 13.1 Å². The minimum atomic E-state index is -0.0531. The molecule has 0 radical (unpaired) electrons. The predicted octanol–water partition coefficient (Wildman–Crippen LogP) is 5.41. The van der Waals surface area contributed by atoms with Gasteiger partial charge in [0.15, 0.2) is 0 Å². The molecule has 0 spiro atoms. The average molecular weight is 443 g/mol. The van der Waals surface area contributed by atoms with Crippen LogP contribution in [0.3, 0.4) is 0 Å². The number of nitrogens with zero attached hydrogens (tertiary/aromatic N) is 2. The number of thioether (sulfide) groups is 1. The third-order valence-corrected chi connectivity index (χ3v) is 7.00. The number of hydrogen-bond donors (Lipinski definition) is 0. The predicted molar refractivity (Wildman–Crippen MR) is 129 cm³/mol. The van der Waals surface area contributed by atoms with Crippen molar-refractivity contribution in [2.24, 2.45) is 0 Å². The van der Waals surface area contributed by atoms with Crippen LogP contribution >= 0.6 is 24.0 Å². The second-order valence-corrected chi connectivity index (χ2v) is 9.56. The minimum Gasteiger partial charge on any atom is -0.340 e. The SMILES string of the molecule is CC[C@@H]1CCCCN1C(=O)CCCN1C(=O)/C(=C/C(C)=C/c2ccccc2)SC1=S. The molecule has 0 unspecified atom stereocenters. The highest BCUT2D eigenvalue weighted by Gasteiger charge is 2.32. The highest BCUT2D eigenvalue weighted by Crippen LogP contribution is 2.32. The fourth-order valence-corrected chi connectivity index (χ4v) is 5.40. The van der Waals surface area contributed by atoms with E-state index in [1.165, 1.54) is 18.2 Å². The van der Waals surface area contributed by atoms with Crippen LogP contribution in [-0.4, -0.2) is 45.1 Å². The maximum atomic E-state index is 12.8. The topological polar surface area (TPSA) is 40.6 Å². The van der Waals surface area contributed by atoms with Crippen LogP contribution < -0.4 is 0 Å². The van der Waals surface area contributed by atoms with E-state index in [9.17, 15) is 9.59 Å². The Hall–Kier alpha value is -1.92. The quantitative estimate of drug-likeness (QED) is 0.418. The number of amides is 2. The van der Waals surface area contributed by atoms with Crippen LogP contribution in [0.25, 0.3) is 6.08 Å². The van der Waals surface area contributed by atoms with Gasteiger partial charge in [-0.25, -0.2) is 0 Å². The van der Waals surface area contributed by atoms with Gasteiger partial charge >= 0.3 is 0 Å². The fraction of sp³-hybridized carbons (Fsp3) is 0.458. The molecule has 2 amide bonds. The lowest BCUT2D eigenvalue weighted by atomic mass is 9.99. The molecule has 2 aliphatic heterocycles. The van der Waals surface area contributed by atoms with Crippen molar-refractivity contribution < 1.29 is 9.59 Å². The summed E-state index contributed by atoms with van der Waals surface area (Å²) in [6.07, 6.45) is 9.49. The molecule has 6 heteroatoms. The molecule has 1 aromatic rings. The van der Waals surface area contributed by atoms with Gasteiger partial charge in [-0.2, -0.15) is 0 Å². The van der Waals surface area contributed by atoms with E-state index in [1.54, 1.807) is 4.90 Å². The Morgan fingerprint density at radius 1 is 1.27 bits per heavy atom. The highest BCUT2D eigenvalue weighted by atomic mass is 32.2. The van der Waals surface area contributed by atoms with Crippen molar-refractivity contribution in [1.82, 2.24) is 9.80 Å². The summed E-state index contributed by atoms with van der Waals surface area (Å²) < 4.78 is 0.579. The number of allylic oxidation sites excluding steroid dienone is 2. The van der Waals surface area contributed by atoms with E-state index < -0.39 is 0 Å². The van der Waals surface area contributed by atoms with Crippen molar-refractivity contribution in [3.05, 3.63) is 52.4 Å². The van der Waals surface area contributed by atoms with Crippen molar-refractivity contribution in [3.63, 3.8) is 0 Å². The number of hydrogen-bond acceptors (Lipinski definition) is 4. The lowest BCUT2D eigenvalue weighted by molar-refractivity contribution is -0.135. The first-order chi connectivity index (χ1) is 14.5. The standard InChI is InChI=1S/C24H30N2O2S2/c1-3-20-12-7-8-14-25(20)22(27)13-9-15-26-23(28)21(30-24(26)29)17-18(2)16-19-10-5-4-6-11-19/h4-6,10-11,16-17,20H,3,7-9,12-15H2,1-2H3/b18-16+,21-17-/t20-/m1/s1. The number of likely N-dealkylation sites (tertiary alicyclic amines) is 1. The van der Waals surface area contributed by atoms with Crippen LogP contribution in [0.15, 0.2) is 46.9 Å². The van der Waals surface area contributed by atoms with Crippen LogP contribution in [0.4, 0.5) is 0 Å². The molecular formula is C24H30N2O2S2. The molecule has 0 bridgehead atoms. The number of benzene rings is 1. The number of carbonyl (C=O) groups is 2. The van der Waals surface area contributed by atoms with E-state index in [4.69, 9.17) is 12.2 Å². The molecule has 30 heavy (non-hydrogen) atoms. The second-order valence-electron chi connectivity index (χ2n) is 7.88. The molecule has 2 aliphatic rings. The first-order valence-electron chi connectivity index (χ1n) is 10.8. The third-order valence-electron chi connectivity index (χ3n) is 5.62. The molecule has 160 valence electrons. The van der Waals surface area contributed by atoms with E-state index in [0.29, 0.717) is 34.7 Å². The van der Waals surface area contributed by atoms with Crippen LogP contribution in [0, 0.1) is 0 Å². The van der Waals surface area contributed by atoms with E-state index >= 15 is 0 Å². The molecule has 1 atom stereocenters. The molecule has 4 nitrogen and oxygen atoms in total. The van der Waals surface area contributed by atoms with Crippen molar-refractivity contribution in [2.45, 2.75) is 58.4 Å². The number of thiocarbonyl (C=S) groups is 1. The monoisotopic (exact) mass is 442 g/mol. The van der Waals surface area contributed by atoms with Gasteiger partial charge in [-0.3, -0.25) is 14.5 Å². The molecule has 2 heterocycles. The van der Waals surface area contributed by atoms with E-state index in [1.807, 2.05) is 54.3 Å². The number of piperidine rings is 1. The normalized spacial score (nSPS) is 21.6. The van der Waals surface area contributed by atoms with Crippen LogP contribution in [0.5, 0.6) is 0 Å². The second kappa shape index (κ2) is 10.9. The summed E-state index contributed by atoms with van der Waals surface area (Å²) in [5.74, 6) is 0.159. The van der Waals surface area contributed by atoms with Gasteiger partial charge in [-0.1, -0.05) is 67.3 Å². The summed E-state index contributed by atoms with van der Waals surface area (Å²) in [6.45, 7) is 5.51. The Kier molecular flexibility index (Phi) is 8.28. The van der Waals surface area contributed by atoms with Crippen molar-refractivity contribution in [1.29, 1.82) is 0 Å². The van der Waals surface area contributed by atoms with Gasteiger partial charge in [0.05, 0.1) is 4.91 Å².